The summed E-state index contributed by atoms with van der Waals surface area (Å²) in [5, 5.41) is 0. The molecule has 1 aromatic carbocycles. The minimum absolute atomic E-state index is 0.0516. The van der Waals surface area contributed by atoms with E-state index in [4.69, 9.17) is 5.73 Å². The average Bonchev–Trinajstić information content (AvgIpc) is 2.43. The Kier molecular flexibility index (Phi) is 5.86. The molecule has 2 atom stereocenters. The summed E-state index contributed by atoms with van der Waals surface area (Å²) in [6.07, 6.45) is 1.62. The second-order valence-corrected chi connectivity index (χ2v) is 4.72. The first kappa shape index (κ1) is 14.7. The third-order valence-corrected chi connectivity index (χ3v) is 3.36. The van der Waals surface area contributed by atoms with Crippen molar-refractivity contribution < 1.29 is 4.79 Å². The summed E-state index contributed by atoms with van der Waals surface area (Å²) in [6, 6.07) is 9.89. The van der Waals surface area contributed by atoms with Crippen LogP contribution in [0.2, 0.25) is 0 Å². The molecule has 0 aliphatic rings. The van der Waals surface area contributed by atoms with Crippen molar-refractivity contribution in [3.63, 3.8) is 0 Å². The van der Waals surface area contributed by atoms with Crippen LogP contribution in [0.1, 0.15) is 39.2 Å². The molecule has 0 aliphatic heterocycles. The molecule has 2 N–H and O–H groups in total. The Morgan fingerprint density at radius 2 is 1.83 bits per heavy atom. The Bertz CT molecular complexity index is 364. The summed E-state index contributed by atoms with van der Waals surface area (Å²) in [5.41, 5.74) is 7.02. The number of hydrogen-bond acceptors (Lipinski definition) is 2. The highest BCUT2D eigenvalue weighted by Crippen LogP contribution is 2.12. The van der Waals surface area contributed by atoms with Gasteiger partial charge in [-0.05, 0) is 25.3 Å². The molecule has 0 spiro atoms. The molecule has 0 bridgehead atoms. The number of nitrogens with two attached hydrogens (primary N) is 1. The van der Waals surface area contributed by atoms with E-state index in [0.717, 1.165) is 12.0 Å². The van der Waals surface area contributed by atoms with Gasteiger partial charge in [0.15, 0.2) is 0 Å². The Morgan fingerprint density at radius 1 is 1.22 bits per heavy atom. The van der Waals surface area contributed by atoms with E-state index in [1.807, 2.05) is 42.2 Å². The van der Waals surface area contributed by atoms with Crippen molar-refractivity contribution in [3.05, 3.63) is 35.9 Å². The maximum atomic E-state index is 12.3. The largest absolute Gasteiger partial charge is 0.334 e. The second kappa shape index (κ2) is 7.17. The monoisotopic (exact) mass is 248 g/mol. The van der Waals surface area contributed by atoms with Crippen molar-refractivity contribution in [1.29, 1.82) is 0 Å². The van der Waals surface area contributed by atoms with Crippen LogP contribution in [0.25, 0.3) is 0 Å². The lowest BCUT2D eigenvalue weighted by Gasteiger charge is -2.31. The van der Waals surface area contributed by atoms with Crippen LogP contribution in [0.4, 0.5) is 0 Å². The topological polar surface area (TPSA) is 46.3 Å². The van der Waals surface area contributed by atoms with Crippen molar-refractivity contribution in [1.82, 2.24) is 4.90 Å². The predicted molar refractivity (Wildman–Crippen MR) is 75.0 cm³/mol. The molecule has 1 aromatic rings. The van der Waals surface area contributed by atoms with Gasteiger partial charge in [0.1, 0.15) is 0 Å². The summed E-state index contributed by atoms with van der Waals surface area (Å²) in [6.45, 7) is 6.75. The van der Waals surface area contributed by atoms with Gasteiger partial charge in [-0.1, -0.05) is 44.2 Å². The molecule has 0 fully saturated rings. The zero-order chi connectivity index (χ0) is 13.5. The second-order valence-electron chi connectivity index (χ2n) is 4.72. The number of hydrogen-bond donors (Lipinski definition) is 1. The van der Waals surface area contributed by atoms with E-state index in [1.54, 1.807) is 0 Å². The maximum Gasteiger partial charge on any atom is 0.240 e. The van der Waals surface area contributed by atoms with Crippen molar-refractivity contribution in [2.45, 2.75) is 52.2 Å². The number of benzene rings is 1. The van der Waals surface area contributed by atoms with Crippen LogP contribution in [-0.2, 0) is 11.3 Å². The zero-order valence-corrected chi connectivity index (χ0v) is 11.6. The van der Waals surface area contributed by atoms with Gasteiger partial charge < -0.3 is 10.6 Å². The third-order valence-electron chi connectivity index (χ3n) is 3.36. The fourth-order valence-corrected chi connectivity index (χ4v) is 1.84. The van der Waals surface area contributed by atoms with Crippen LogP contribution in [0.15, 0.2) is 30.3 Å². The number of carbonyl (C=O) groups excluding carboxylic acids is 1. The van der Waals surface area contributed by atoms with Gasteiger partial charge in [-0.3, -0.25) is 4.79 Å². The van der Waals surface area contributed by atoms with Crippen LogP contribution in [0.5, 0.6) is 0 Å². The van der Waals surface area contributed by atoms with Gasteiger partial charge in [0.2, 0.25) is 5.91 Å². The summed E-state index contributed by atoms with van der Waals surface area (Å²) >= 11 is 0. The van der Waals surface area contributed by atoms with E-state index < -0.39 is 0 Å². The van der Waals surface area contributed by atoms with Crippen molar-refractivity contribution in [3.8, 4) is 0 Å². The highest BCUT2D eigenvalue weighted by atomic mass is 16.2. The number of rotatable bonds is 6. The fourth-order valence-electron chi connectivity index (χ4n) is 1.84. The molecule has 1 rings (SSSR count). The van der Waals surface area contributed by atoms with Gasteiger partial charge in [-0.2, -0.15) is 0 Å². The zero-order valence-electron chi connectivity index (χ0n) is 11.6. The van der Waals surface area contributed by atoms with E-state index in [1.165, 1.54) is 0 Å². The van der Waals surface area contributed by atoms with E-state index in [0.29, 0.717) is 13.0 Å². The molecule has 3 heteroatoms. The first-order valence-electron chi connectivity index (χ1n) is 6.70. The quantitative estimate of drug-likeness (QED) is 0.841. The van der Waals surface area contributed by atoms with Crippen LogP contribution in [0, 0.1) is 0 Å². The molecular formula is C15H24N2O. The predicted octanol–water partition coefficient (Wildman–Crippen LogP) is 2.55. The first-order chi connectivity index (χ1) is 8.60. The van der Waals surface area contributed by atoms with Crippen LogP contribution < -0.4 is 5.73 Å². The molecule has 1 unspecified atom stereocenters. The summed E-state index contributed by atoms with van der Waals surface area (Å²) in [7, 11) is 0. The van der Waals surface area contributed by atoms with Crippen LogP contribution in [0.3, 0.4) is 0 Å². The van der Waals surface area contributed by atoms with Gasteiger partial charge in [-0.25, -0.2) is 0 Å². The van der Waals surface area contributed by atoms with E-state index in [2.05, 4.69) is 13.8 Å². The molecule has 18 heavy (non-hydrogen) atoms. The average molecular weight is 248 g/mol. The van der Waals surface area contributed by atoms with Gasteiger partial charge >= 0.3 is 0 Å². The smallest absolute Gasteiger partial charge is 0.240 e. The normalized spacial score (nSPS) is 14.0. The van der Waals surface area contributed by atoms with E-state index in [9.17, 15) is 4.79 Å². The third kappa shape index (κ3) is 3.84. The Labute approximate surface area is 110 Å². The van der Waals surface area contributed by atoms with E-state index >= 15 is 0 Å². The minimum atomic E-state index is -0.386. The molecule has 0 radical (unpaired) electrons. The number of nitrogens with zero attached hydrogens (tertiary/aromatic N) is 1. The van der Waals surface area contributed by atoms with Gasteiger partial charge in [-0.15, -0.1) is 0 Å². The summed E-state index contributed by atoms with van der Waals surface area (Å²) < 4.78 is 0. The molecule has 0 heterocycles. The SMILES string of the molecule is CCC(C)N(Cc1ccccc1)C(=O)[C@@H](N)CC. The lowest BCUT2D eigenvalue weighted by molar-refractivity contribution is -0.135. The molecular weight excluding hydrogens is 224 g/mol. The Hall–Kier alpha value is -1.35. The molecule has 3 nitrogen and oxygen atoms in total. The summed E-state index contributed by atoms with van der Waals surface area (Å²) in [5.74, 6) is 0.0516. The number of carbonyl (C=O) groups is 1. The Balaban J connectivity index is 2.82. The van der Waals surface area contributed by atoms with Crippen molar-refractivity contribution in [2.75, 3.05) is 0 Å². The van der Waals surface area contributed by atoms with Gasteiger partial charge in [0, 0.05) is 12.6 Å². The highest BCUT2D eigenvalue weighted by molar-refractivity contribution is 5.81. The molecule has 100 valence electrons. The lowest BCUT2D eigenvalue weighted by atomic mass is 10.1. The standard InChI is InChI=1S/C15H24N2O/c1-4-12(3)17(15(18)14(16)5-2)11-13-9-7-6-8-10-13/h6-10,12,14H,4-5,11,16H2,1-3H3/t12?,14-/m0/s1. The van der Waals surface area contributed by atoms with Crippen molar-refractivity contribution >= 4 is 5.91 Å². The molecule has 0 aliphatic carbocycles. The molecule has 1 amide bonds. The Morgan fingerprint density at radius 3 is 2.33 bits per heavy atom. The van der Waals surface area contributed by atoms with Gasteiger partial charge in [0.25, 0.3) is 0 Å². The van der Waals surface area contributed by atoms with Crippen molar-refractivity contribution in [2.24, 2.45) is 5.73 Å². The molecule has 0 saturated carbocycles. The highest BCUT2D eigenvalue weighted by Gasteiger charge is 2.23. The maximum absolute atomic E-state index is 12.3. The van der Waals surface area contributed by atoms with Crippen LogP contribution >= 0.6 is 0 Å². The molecule has 0 aromatic heterocycles. The fraction of sp³-hybridized carbons (Fsp3) is 0.533. The first-order valence-corrected chi connectivity index (χ1v) is 6.70. The number of amides is 1. The lowest BCUT2D eigenvalue weighted by Crippen LogP contribution is -2.46. The van der Waals surface area contributed by atoms with Gasteiger partial charge in [0.05, 0.1) is 6.04 Å². The minimum Gasteiger partial charge on any atom is -0.334 e. The molecule has 0 saturated heterocycles. The van der Waals surface area contributed by atoms with Crippen LogP contribution in [-0.4, -0.2) is 22.9 Å². The summed E-state index contributed by atoms with van der Waals surface area (Å²) in [4.78, 5) is 14.2. The van der Waals surface area contributed by atoms with E-state index in [-0.39, 0.29) is 18.0 Å².